The van der Waals surface area contributed by atoms with Crippen molar-refractivity contribution in [2.45, 2.75) is 130 Å². The summed E-state index contributed by atoms with van der Waals surface area (Å²) in [5.74, 6) is 1.88. The molecule has 1 amide bonds. The Kier molecular flexibility index (Phi) is 17.5. The zero-order chi connectivity index (χ0) is 30.2. The monoisotopic (exact) mass is 672 g/mol. The molecule has 240 valence electrons. The molecule has 0 aliphatic carbocycles. The molecule has 0 saturated carbocycles. The molecule has 2 aromatic carbocycles. The van der Waals surface area contributed by atoms with Crippen LogP contribution in [0.4, 0.5) is 5.69 Å². The van der Waals surface area contributed by atoms with Crippen LogP contribution in [0.15, 0.2) is 53.6 Å². The van der Waals surface area contributed by atoms with E-state index in [0.717, 1.165) is 35.8 Å². The highest BCUT2D eigenvalue weighted by Crippen LogP contribution is 2.35. The predicted molar refractivity (Wildman–Crippen MR) is 193 cm³/mol. The Morgan fingerprint density at radius 3 is 2.05 bits per heavy atom. The number of nitrogens with zero attached hydrogens (tertiary/aromatic N) is 1. The smallest absolute Gasteiger partial charge is 0.228 e. The van der Waals surface area contributed by atoms with Gasteiger partial charge in [0.15, 0.2) is 0 Å². The molecule has 3 rings (SSSR count). The van der Waals surface area contributed by atoms with Crippen molar-refractivity contribution in [2.24, 2.45) is 0 Å². The van der Waals surface area contributed by atoms with Gasteiger partial charge in [-0.2, -0.15) is 0 Å². The molecule has 0 radical (unpaired) electrons. The number of allylic oxidation sites excluding steroid dienone is 1. The third kappa shape index (κ3) is 14.2. The summed E-state index contributed by atoms with van der Waals surface area (Å²) in [6, 6.07) is 14.5. The lowest BCUT2D eigenvalue weighted by molar-refractivity contribution is -0.115. The highest BCUT2D eigenvalue weighted by atomic mass is 79.9. The number of para-hydroxylation sites is 1. The van der Waals surface area contributed by atoms with Crippen LogP contribution >= 0.6 is 28.7 Å². The Labute approximate surface area is 277 Å². The van der Waals surface area contributed by atoms with Gasteiger partial charge < -0.3 is 15.0 Å². The molecule has 0 bridgehead atoms. The first-order chi connectivity index (χ1) is 20.3. The highest BCUT2D eigenvalue weighted by molar-refractivity contribution is 8.93. The van der Waals surface area contributed by atoms with E-state index in [0.29, 0.717) is 13.0 Å². The molecule has 0 spiro atoms. The molecule has 1 aliphatic rings. The number of thioether (sulfide) groups is 1. The molecule has 6 heteroatoms. The van der Waals surface area contributed by atoms with Crippen LogP contribution in [0.5, 0.6) is 5.75 Å². The van der Waals surface area contributed by atoms with Gasteiger partial charge in [-0.1, -0.05) is 129 Å². The van der Waals surface area contributed by atoms with Crippen LogP contribution < -0.4 is 10.1 Å². The van der Waals surface area contributed by atoms with Crippen LogP contribution in [0.1, 0.15) is 128 Å². The SMILES string of the molecule is Br.CCCCCCCCCCCCCCOc1c(CC(=O)Nc2ccc(CN3C=C(C)SC3)cc2)cccc1C(C)(C)C. The predicted octanol–water partition coefficient (Wildman–Crippen LogP) is 11.2. The Hall–Kier alpha value is -1.92. The van der Waals surface area contributed by atoms with Gasteiger partial charge in [0, 0.05) is 24.0 Å². The maximum Gasteiger partial charge on any atom is 0.228 e. The fourth-order valence-electron chi connectivity index (χ4n) is 5.52. The number of hydrogen-bond acceptors (Lipinski definition) is 4. The van der Waals surface area contributed by atoms with Crippen molar-refractivity contribution in [3.8, 4) is 5.75 Å². The first-order valence-electron chi connectivity index (χ1n) is 16.5. The minimum atomic E-state index is -0.0598. The third-order valence-corrected chi connectivity index (χ3v) is 8.97. The van der Waals surface area contributed by atoms with Gasteiger partial charge >= 0.3 is 0 Å². The van der Waals surface area contributed by atoms with Crippen molar-refractivity contribution in [3.05, 3.63) is 70.3 Å². The molecule has 2 aromatic rings. The second kappa shape index (κ2) is 20.2. The summed E-state index contributed by atoms with van der Waals surface area (Å²) >= 11 is 1.87. The van der Waals surface area contributed by atoms with Crippen molar-refractivity contribution in [1.82, 2.24) is 4.90 Å². The molecule has 4 nitrogen and oxygen atoms in total. The summed E-state index contributed by atoms with van der Waals surface area (Å²) in [7, 11) is 0. The lowest BCUT2D eigenvalue weighted by atomic mass is 9.84. The first-order valence-corrected chi connectivity index (χ1v) is 17.4. The largest absolute Gasteiger partial charge is 0.493 e. The van der Waals surface area contributed by atoms with Crippen LogP contribution in [0.25, 0.3) is 0 Å². The van der Waals surface area contributed by atoms with E-state index in [1.165, 1.54) is 86.7 Å². The van der Waals surface area contributed by atoms with Crippen LogP contribution in [-0.4, -0.2) is 23.3 Å². The lowest BCUT2D eigenvalue weighted by Gasteiger charge is -2.25. The molecule has 0 saturated heterocycles. The van der Waals surface area contributed by atoms with Gasteiger partial charge in [0.1, 0.15) is 5.75 Å². The van der Waals surface area contributed by atoms with Crippen LogP contribution in [0.2, 0.25) is 0 Å². The fourth-order valence-corrected chi connectivity index (χ4v) is 6.28. The molecular weight excluding hydrogens is 616 g/mol. The van der Waals surface area contributed by atoms with Crippen molar-refractivity contribution in [2.75, 3.05) is 17.8 Å². The second-order valence-corrected chi connectivity index (χ2v) is 14.2. The first kappa shape index (κ1) is 37.3. The van der Waals surface area contributed by atoms with E-state index in [4.69, 9.17) is 4.74 Å². The van der Waals surface area contributed by atoms with Gasteiger partial charge in [-0.15, -0.1) is 28.7 Å². The zero-order valence-corrected chi connectivity index (χ0v) is 30.0. The van der Waals surface area contributed by atoms with E-state index in [1.807, 2.05) is 30.0 Å². The summed E-state index contributed by atoms with van der Waals surface area (Å²) in [6.45, 7) is 12.6. The Morgan fingerprint density at radius 1 is 0.884 bits per heavy atom. The van der Waals surface area contributed by atoms with E-state index in [2.05, 4.69) is 75.3 Å². The number of rotatable bonds is 19. The van der Waals surface area contributed by atoms with Crippen molar-refractivity contribution in [3.63, 3.8) is 0 Å². The molecule has 43 heavy (non-hydrogen) atoms. The van der Waals surface area contributed by atoms with Crippen LogP contribution in [-0.2, 0) is 23.2 Å². The molecule has 0 unspecified atom stereocenters. The van der Waals surface area contributed by atoms with Gasteiger partial charge in [-0.05, 0) is 46.9 Å². The molecule has 0 atom stereocenters. The van der Waals surface area contributed by atoms with Gasteiger partial charge in [-0.25, -0.2) is 0 Å². The number of nitrogens with one attached hydrogen (secondary N) is 1. The summed E-state index contributed by atoms with van der Waals surface area (Å²) in [6.07, 6.45) is 18.5. The number of halogens is 1. The maximum atomic E-state index is 13.1. The molecule has 0 aromatic heterocycles. The standard InChI is InChI=1S/C37H56N2O2S.BrH/c1-6-7-8-9-10-11-12-13-14-15-16-17-25-41-36-32(19-18-20-34(36)37(3,4)5)26-35(40)38-33-23-21-31(22-24-33)28-39-27-30(2)42-29-39;/h18-24,27H,6-17,25-26,28-29H2,1-5H3,(H,38,40);1H. The minimum Gasteiger partial charge on any atom is -0.493 e. The average molecular weight is 674 g/mol. The molecule has 1 N–H and O–H groups in total. The Morgan fingerprint density at radius 2 is 1.49 bits per heavy atom. The Balaban J connectivity index is 0.00000645. The van der Waals surface area contributed by atoms with E-state index in [9.17, 15) is 4.79 Å². The zero-order valence-electron chi connectivity index (χ0n) is 27.5. The van der Waals surface area contributed by atoms with Crippen LogP contribution in [0, 0.1) is 0 Å². The van der Waals surface area contributed by atoms with E-state index < -0.39 is 0 Å². The molecule has 1 aliphatic heterocycles. The highest BCUT2D eigenvalue weighted by Gasteiger charge is 2.22. The summed E-state index contributed by atoms with van der Waals surface area (Å²) in [5.41, 5.74) is 4.14. The van der Waals surface area contributed by atoms with Crippen molar-refractivity contribution < 1.29 is 9.53 Å². The van der Waals surface area contributed by atoms with E-state index in [1.54, 1.807) is 0 Å². The summed E-state index contributed by atoms with van der Waals surface area (Å²) in [5, 5.41) is 3.10. The number of hydrogen-bond donors (Lipinski definition) is 1. The van der Waals surface area contributed by atoms with Crippen molar-refractivity contribution >= 4 is 40.3 Å². The molecular formula is C37H57BrN2O2S. The number of carbonyl (C=O) groups excluding carboxylic acids is 1. The summed E-state index contributed by atoms with van der Waals surface area (Å²) in [4.78, 5) is 16.8. The fraction of sp³-hybridized carbons (Fsp3) is 0.595. The maximum absolute atomic E-state index is 13.1. The normalized spacial score (nSPS) is 13.0. The number of amides is 1. The second-order valence-electron chi connectivity index (χ2n) is 13.0. The minimum absolute atomic E-state index is 0. The van der Waals surface area contributed by atoms with Gasteiger partial charge in [0.2, 0.25) is 5.91 Å². The quantitative estimate of drug-likeness (QED) is 0.151. The van der Waals surface area contributed by atoms with Gasteiger partial charge in [0.25, 0.3) is 0 Å². The molecule has 1 heterocycles. The number of ether oxygens (including phenoxy) is 1. The number of unbranched alkanes of at least 4 members (excludes halogenated alkanes) is 11. The lowest BCUT2D eigenvalue weighted by Crippen LogP contribution is -2.19. The average Bonchev–Trinajstić information content (AvgIpc) is 3.36. The van der Waals surface area contributed by atoms with E-state index in [-0.39, 0.29) is 28.3 Å². The number of benzene rings is 2. The third-order valence-electron chi connectivity index (χ3n) is 7.95. The van der Waals surface area contributed by atoms with Gasteiger partial charge in [-0.3, -0.25) is 4.79 Å². The number of carbonyl (C=O) groups is 1. The van der Waals surface area contributed by atoms with Crippen LogP contribution in [0.3, 0.4) is 0 Å². The van der Waals surface area contributed by atoms with Crippen molar-refractivity contribution in [1.29, 1.82) is 0 Å². The topological polar surface area (TPSA) is 41.6 Å². The van der Waals surface area contributed by atoms with E-state index >= 15 is 0 Å². The number of anilines is 1. The molecule has 0 fully saturated rings. The Bertz CT molecular complexity index is 1110. The van der Waals surface area contributed by atoms with Gasteiger partial charge in [0.05, 0.1) is 18.9 Å². The summed E-state index contributed by atoms with van der Waals surface area (Å²) < 4.78 is 6.43.